The maximum Gasteiger partial charge on any atom is 0.335 e. The monoisotopic (exact) mass is 566 g/mol. The molecule has 0 spiro atoms. The smallest absolute Gasteiger partial charge is 0.335 e. The van der Waals surface area contributed by atoms with Gasteiger partial charge in [0.15, 0.2) is 0 Å². The molecule has 1 N–H and O–H groups in total. The number of hydrogen-bond acceptors (Lipinski definition) is 4. The van der Waals surface area contributed by atoms with Crippen molar-refractivity contribution in [2.45, 2.75) is 50.5 Å². The van der Waals surface area contributed by atoms with Gasteiger partial charge in [-0.05, 0) is 109 Å². The standard InChI is InChI=1S/C34H31ClN2O4/c35-30-4-2-1-3-25(30)20-41-28-11-5-21(6-12-28)16-29-31(38)36-33(40)37(32(29)39)27-9-7-26(8-10-27)34-17-22-13-23(18-34)15-24(14-22)19-34/h1-12,16,22-24H,13-15,17-20H2,(H,36,38,40)/b29-16+. The molecule has 0 unspecified atom stereocenters. The Kier molecular flexibility index (Phi) is 6.46. The molecule has 1 saturated heterocycles. The van der Waals surface area contributed by atoms with Crippen LogP contribution in [0.2, 0.25) is 5.02 Å². The van der Waals surface area contributed by atoms with Crippen molar-refractivity contribution in [2.24, 2.45) is 17.8 Å². The largest absolute Gasteiger partial charge is 0.489 e. The number of anilines is 1. The molecule has 0 aromatic heterocycles. The topological polar surface area (TPSA) is 75.7 Å². The molecule has 0 atom stereocenters. The van der Waals surface area contributed by atoms with Crippen molar-refractivity contribution in [3.63, 3.8) is 0 Å². The first-order chi connectivity index (χ1) is 19.9. The van der Waals surface area contributed by atoms with Gasteiger partial charge in [-0.1, -0.05) is 54.1 Å². The van der Waals surface area contributed by atoms with Gasteiger partial charge in [-0.3, -0.25) is 14.9 Å². The number of urea groups is 1. The SMILES string of the molecule is O=C1NC(=O)N(c2ccc(C34CC5CC(CC(C5)C3)C4)cc2)C(=O)/C1=C/c1ccc(OCc2ccccc2Cl)cc1. The van der Waals surface area contributed by atoms with Gasteiger partial charge in [0.25, 0.3) is 11.8 Å². The summed E-state index contributed by atoms with van der Waals surface area (Å²) in [5.41, 5.74) is 3.42. The Bertz CT molecular complexity index is 1530. The molecular weight excluding hydrogens is 536 g/mol. The van der Waals surface area contributed by atoms with Crippen molar-refractivity contribution in [2.75, 3.05) is 4.90 Å². The molecular formula is C34H31ClN2O4. The highest BCUT2D eigenvalue weighted by molar-refractivity contribution is 6.39. The Morgan fingerprint density at radius 1 is 0.854 bits per heavy atom. The van der Waals surface area contributed by atoms with Crippen LogP contribution in [0.25, 0.3) is 6.08 Å². The Hall–Kier alpha value is -3.90. The fourth-order valence-corrected chi connectivity index (χ4v) is 8.11. The van der Waals surface area contributed by atoms with Crippen molar-refractivity contribution in [1.29, 1.82) is 0 Å². The molecule has 41 heavy (non-hydrogen) atoms. The third kappa shape index (κ3) is 4.84. The molecule has 4 amide bonds. The van der Waals surface area contributed by atoms with Crippen LogP contribution in [-0.4, -0.2) is 17.8 Å². The van der Waals surface area contributed by atoms with Crippen LogP contribution in [0.15, 0.2) is 78.4 Å². The first kappa shape index (κ1) is 26.0. The zero-order valence-corrected chi connectivity index (χ0v) is 23.4. The normalized spacial score (nSPS) is 27.8. The van der Waals surface area contributed by atoms with Crippen molar-refractivity contribution in [3.8, 4) is 5.75 Å². The fourth-order valence-electron chi connectivity index (χ4n) is 7.92. The van der Waals surface area contributed by atoms with Gasteiger partial charge in [0.05, 0.1) is 5.69 Å². The van der Waals surface area contributed by atoms with Gasteiger partial charge in [0, 0.05) is 10.6 Å². The summed E-state index contributed by atoms with van der Waals surface area (Å²) >= 11 is 6.20. The van der Waals surface area contributed by atoms with Crippen molar-refractivity contribution in [3.05, 3.63) is 100 Å². The number of ether oxygens (including phenoxy) is 1. The summed E-state index contributed by atoms with van der Waals surface area (Å²) in [6.45, 7) is 0.319. The van der Waals surface area contributed by atoms with E-state index in [0.717, 1.165) is 28.2 Å². The molecule has 7 heteroatoms. The molecule has 3 aromatic rings. The lowest BCUT2D eigenvalue weighted by Gasteiger charge is -2.57. The van der Waals surface area contributed by atoms with Crippen LogP contribution >= 0.6 is 11.6 Å². The average molecular weight is 567 g/mol. The summed E-state index contributed by atoms with van der Waals surface area (Å²) in [6.07, 6.45) is 9.36. The van der Waals surface area contributed by atoms with Gasteiger partial charge in [-0.15, -0.1) is 0 Å². The van der Waals surface area contributed by atoms with Crippen molar-refractivity contribution in [1.82, 2.24) is 5.32 Å². The molecule has 5 fully saturated rings. The molecule has 3 aromatic carbocycles. The lowest BCUT2D eigenvalue weighted by atomic mass is 9.48. The van der Waals surface area contributed by atoms with Gasteiger partial charge in [0.2, 0.25) is 0 Å². The summed E-state index contributed by atoms with van der Waals surface area (Å²) in [5, 5.41) is 2.96. The minimum Gasteiger partial charge on any atom is -0.489 e. The summed E-state index contributed by atoms with van der Waals surface area (Å²) in [6, 6.07) is 21.7. The maximum atomic E-state index is 13.5. The van der Waals surface area contributed by atoms with Crippen LogP contribution in [-0.2, 0) is 21.6 Å². The van der Waals surface area contributed by atoms with E-state index in [1.807, 2.05) is 36.4 Å². The summed E-state index contributed by atoms with van der Waals surface area (Å²) < 4.78 is 5.83. The van der Waals surface area contributed by atoms with Gasteiger partial charge in [-0.2, -0.15) is 0 Å². The molecule has 8 rings (SSSR count). The van der Waals surface area contributed by atoms with Crippen LogP contribution in [0.1, 0.15) is 55.2 Å². The Morgan fingerprint density at radius 2 is 1.49 bits per heavy atom. The van der Waals surface area contributed by atoms with Crippen LogP contribution in [0, 0.1) is 17.8 Å². The highest BCUT2D eigenvalue weighted by Gasteiger charge is 2.51. The molecule has 4 aliphatic carbocycles. The second-order valence-electron chi connectivity index (χ2n) is 12.2. The Labute approximate surface area is 244 Å². The van der Waals surface area contributed by atoms with E-state index in [-0.39, 0.29) is 11.0 Å². The number of carbonyl (C=O) groups is 3. The number of nitrogens with one attached hydrogen (secondary N) is 1. The van der Waals surface area contributed by atoms with Crippen LogP contribution in [0.4, 0.5) is 10.5 Å². The molecule has 208 valence electrons. The quantitative estimate of drug-likeness (QED) is 0.256. The lowest BCUT2D eigenvalue weighted by molar-refractivity contribution is -0.122. The molecule has 0 radical (unpaired) electrons. The van der Waals surface area contributed by atoms with E-state index in [4.69, 9.17) is 16.3 Å². The van der Waals surface area contributed by atoms with Crippen molar-refractivity contribution >= 4 is 41.2 Å². The first-order valence-corrected chi connectivity index (χ1v) is 14.7. The second-order valence-corrected chi connectivity index (χ2v) is 12.6. The van der Waals surface area contributed by atoms with Crippen LogP contribution in [0.3, 0.4) is 0 Å². The van der Waals surface area contributed by atoms with E-state index >= 15 is 0 Å². The van der Waals surface area contributed by atoms with Crippen molar-refractivity contribution < 1.29 is 19.1 Å². The number of rotatable bonds is 6. The van der Waals surface area contributed by atoms with Gasteiger partial charge < -0.3 is 4.74 Å². The molecule has 5 aliphatic rings. The Morgan fingerprint density at radius 3 is 2.12 bits per heavy atom. The van der Waals surface area contributed by atoms with Crippen LogP contribution < -0.4 is 15.0 Å². The molecule has 4 saturated carbocycles. The molecule has 4 bridgehead atoms. The summed E-state index contributed by atoms with van der Waals surface area (Å²) in [7, 11) is 0. The average Bonchev–Trinajstić information content (AvgIpc) is 2.95. The van der Waals surface area contributed by atoms with E-state index < -0.39 is 17.8 Å². The Balaban J connectivity index is 1.08. The van der Waals surface area contributed by atoms with E-state index in [1.165, 1.54) is 50.2 Å². The predicted molar refractivity (Wildman–Crippen MR) is 158 cm³/mol. The number of imide groups is 2. The second kappa shape index (κ2) is 10.2. The van der Waals surface area contributed by atoms with Gasteiger partial charge >= 0.3 is 6.03 Å². The maximum absolute atomic E-state index is 13.5. The lowest BCUT2D eigenvalue weighted by Crippen LogP contribution is -2.54. The number of carbonyl (C=O) groups excluding carboxylic acids is 3. The number of barbiturate groups is 1. The third-order valence-corrected chi connectivity index (χ3v) is 9.79. The third-order valence-electron chi connectivity index (χ3n) is 9.42. The van der Waals surface area contributed by atoms with E-state index in [2.05, 4.69) is 17.4 Å². The first-order valence-electron chi connectivity index (χ1n) is 14.4. The fraction of sp³-hybridized carbons (Fsp3) is 0.324. The van der Waals surface area contributed by atoms with Gasteiger partial charge in [0.1, 0.15) is 17.9 Å². The number of hydrogen-bond donors (Lipinski definition) is 1. The molecule has 6 nitrogen and oxygen atoms in total. The van der Waals surface area contributed by atoms with E-state index in [1.54, 1.807) is 24.3 Å². The number of halogens is 1. The zero-order chi connectivity index (χ0) is 28.1. The summed E-state index contributed by atoms with van der Waals surface area (Å²) in [5.74, 6) is 1.77. The minimum absolute atomic E-state index is 0.0977. The molecule has 1 aliphatic heterocycles. The number of amides is 4. The highest BCUT2D eigenvalue weighted by atomic mass is 35.5. The van der Waals surface area contributed by atoms with E-state index in [9.17, 15) is 14.4 Å². The number of nitrogens with zero attached hydrogens (tertiary/aromatic N) is 1. The predicted octanol–water partition coefficient (Wildman–Crippen LogP) is 7.05. The number of benzene rings is 3. The zero-order valence-electron chi connectivity index (χ0n) is 22.6. The van der Waals surface area contributed by atoms with Gasteiger partial charge in [-0.25, -0.2) is 9.69 Å². The van der Waals surface area contributed by atoms with E-state index in [0.29, 0.717) is 28.6 Å². The highest BCUT2D eigenvalue weighted by Crippen LogP contribution is 2.60. The van der Waals surface area contributed by atoms with Crippen LogP contribution in [0.5, 0.6) is 5.75 Å². The summed E-state index contributed by atoms with van der Waals surface area (Å²) in [4.78, 5) is 40.0. The molecule has 1 heterocycles. The minimum atomic E-state index is -0.733.